The standard InChI is InChI=1S/C15H9IN2O3/c16-14-7-10(4-5-15(14)19)6-12(9-17)11-2-1-3-13(8-11)18(20)21/h1-8,19H. The van der Waals surface area contributed by atoms with Crippen molar-refractivity contribution in [2.45, 2.75) is 0 Å². The van der Waals surface area contributed by atoms with Gasteiger partial charge in [-0.3, -0.25) is 10.1 Å². The van der Waals surface area contributed by atoms with Crippen molar-refractivity contribution in [1.82, 2.24) is 0 Å². The molecule has 6 heteroatoms. The third-order valence-electron chi connectivity index (χ3n) is 2.77. The van der Waals surface area contributed by atoms with Gasteiger partial charge in [0, 0.05) is 12.1 Å². The number of non-ortho nitro benzene ring substituents is 1. The molecular weight excluding hydrogens is 383 g/mol. The van der Waals surface area contributed by atoms with Crippen LogP contribution in [0.4, 0.5) is 5.69 Å². The first-order valence-corrected chi connectivity index (χ1v) is 6.94. The lowest BCUT2D eigenvalue weighted by molar-refractivity contribution is -0.384. The molecule has 2 rings (SSSR count). The highest BCUT2D eigenvalue weighted by Crippen LogP contribution is 2.25. The average Bonchev–Trinajstić information content (AvgIpc) is 2.48. The molecule has 0 aromatic heterocycles. The van der Waals surface area contributed by atoms with Crippen LogP contribution in [0.15, 0.2) is 42.5 Å². The zero-order chi connectivity index (χ0) is 15.4. The van der Waals surface area contributed by atoms with E-state index in [2.05, 4.69) is 0 Å². The van der Waals surface area contributed by atoms with Crippen LogP contribution in [-0.2, 0) is 0 Å². The Balaban J connectivity index is 2.46. The monoisotopic (exact) mass is 392 g/mol. The van der Waals surface area contributed by atoms with Crippen LogP contribution in [0, 0.1) is 25.0 Å². The Morgan fingerprint density at radius 3 is 2.71 bits per heavy atom. The van der Waals surface area contributed by atoms with E-state index in [1.54, 1.807) is 30.3 Å². The van der Waals surface area contributed by atoms with Crippen LogP contribution < -0.4 is 0 Å². The number of nitro groups is 1. The predicted molar refractivity (Wildman–Crippen MR) is 87.4 cm³/mol. The summed E-state index contributed by atoms with van der Waals surface area (Å²) in [5, 5.41) is 29.5. The highest BCUT2D eigenvalue weighted by molar-refractivity contribution is 14.1. The van der Waals surface area contributed by atoms with Crippen LogP contribution in [0.5, 0.6) is 5.75 Å². The van der Waals surface area contributed by atoms with E-state index in [-0.39, 0.29) is 11.4 Å². The van der Waals surface area contributed by atoms with Crippen molar-refractivity contribution in [2.75, 3.05) is 0 Å². The van der Waals surface area contributed by atoms with Crippen LogP contribution >= 0.6 is 22.6 Å². The number of phenolic OH excluding ortho intramolecular Hbond substituents is 1. The third-order valence-corrected chi connectivity index (χ3v) is 3.64. The smallest absolute Gasteiger partial charge is 0.270 e. The fourth-order valence-electron chi connectivity index (χ4n) is 1.75. The second-order valence-electron chi connectivity index (χ2n) is 4.19. The number of phenols is 1. The number of benzene rings is 2. The number of halogens is 1. The van der Waals surface area contributed by atoms with Crippen LogP contribution in [-0.4, -0.2) is 10.0 Å². The summed E-state index contributed by atoms with van der Waals surface area (Å²) >= 11 is 1.99. The normalized spacial score (nSPS) is 11.0. The molecule has 2 aromatic rings. The first-order chi connectivity index (χ1) is 10.0. The van der Waals surface area contributed by atoms with Crippen molar-refractivity contribution in [3.63, 3.8) is 0 Å². The minimum Gasteiger partial charge on any atom is -0.507 e. The largest absolute Gasteiger partial charge is 0.507 e. The zero-order valence-electron chi connectivity index (χ0n) is 10.7. The van der Waals surface area contributed by atoms with Gasteiger partial charge in [0.25, 0.3) is 5.69 Å². The van der Waals surface area contributed by atoms with Gasteiger partial charge in [0.05, 0.1) is 20.1 Å². The van der Waals surface area contributed by atoms with Gasteiger partial charge in [0.2, 0.25) is 0 Å². The maximum Gasteiger partial charge on any atom is 0.270 e. The topological polar surface area (TPSA) is 87.2 Å². The van der Waals surface area contributed by atoms with E-state index in [4.69, 9.17) is 0 Å². The van der Waals surface area contributed by atoms with E-state index in [0.717, 1.165) is 5.56 Å². The molecular formula is C15H9IN2O3. The van der Waals surface area contributed by atoms with Gasteiger partial charge >= 0.3 is 0 Å². The minimum absolute atomic E-state index is 0.0612. The molecule has 1 N–H and O–H groups in total. The third kappa shape index (κ3) is 3.58. The Kier molecular flexibility index (Phi) is 4.55. The average molecular weight is 392 g/mol. The molecule has 0 saturated heterocycles. The lowest BCUT2D eigenvalue weighted by atomic mass is 10.0. The molecule has 5 nitrogen and oxygen atoms in total. The number of hydrogen-bond acceptors (Lipinski definition) is 4. The first kappa shape index (κ1) is 15.0. The molecule has 0 aliphatic rings. The number of aromatic hydroxyl groups is 1. The summed E-state index contributed by atoms with van der Waals surface area (Å²) in [5.41, 5.74) is 1.48. The number of hydrogen-bond donors (Lipinski definition) is 1. The van der Waals surface area contributed by atoms with Crippen molar-refractivity contribution >= 4 is 39.9 Å². The molecule has 0 atom stereocenters. The first-order valence-electron chi connectivity index (χ1n) is 5.86. The summed E-state index contributed by atoms with van der Waals surface area (Å²) in [6.45, 7) is 0. The maximum atomic E-state index is 10.8. The van der Waals surface area contributed by atoms with Gasteiger partial charge in [-0.05, 0) is 51.9 Å². The molecule has 21 heavy (non-hydrogen) atoms. The van der Waals surface area contributed by atoms with Crippen LogP contribution in [0.3, 0.4) is 0 Å². The summed E-state index contributed by atoms with van der Waals surface area (Å²) in [6.07, 6.45) is 1.63. The molecule has 0 aliphatic carbocycles. The molecule has 0 unspecified atom stereocenters. The van der Waals surface area contributed by atoms with Gasteiger partial charge in [-0.15, -0.1) is 0 Å². The summed E-state index contributed by atoms with van der Waals surface area (Å²) < 4.78 is 0.665. The van der Waals surface area contributed by atoms with Crippen molar-refractivity contribution in [3.8, 4) is 11.8 Å². The molecule has 0 aliphatic heterocycles. The summed E-state index contributed by atoms with van der Waals surface area (Å²) in [7, 11) is 0. The maximum absolute atomic E-state index is 10.8. The van der Waals surface area contributed by atoms with Gasteiger partial charge in [-0.2, -0.15) is 5.26 Å². The van der Waals surface area contributed by atoms with Gasteiger partial charge in [-0.25, -0.2) is 0 Å². The zero-order valence-corrected chi connectivity index (χ0v) is 12.8. The molecule has 0 radical (unpaired) electrons. The Morgan fingerprint density at radius 2 is 2.10 bits per heavy atom. The molecule has 2 aromatic carbocycles. The number of allylic oxidation sites excluding steroid dienone is 1. The fraction of sp³-hybridized carbons (Fsp3) is 0. The van der Waals surface area contributed by atoms with Gasteiger partial charge in [0.15, 0.2) is 0 Å². The van der Waals surface area contributed by atoms with Crippen molar-refractivity contribution in [1.29, 1.82) is 5.26 Å². The van der Waals surface area contributed by atoms with Crippen molar-refractivity contribution in [2.24, 2.45) is 0 Å². The van der Waals surface area contributed by atoms with Crippen molar-refractivity contribution in [3.05, 3.63) is 67.3 Å². The Hall–Kier alpha value is -2.40. The van der Waals surface area contributed by atoms with Gasteiger partial charge in [0.1, 0.15) is 5.75 Å². The number of nitrogens with zero attached hydrogens (tertiary/aromatic N) is 2. The number of nitro benzene ring substituents is 1. The van der Waals surface area contributed by atoms with E-state index in [0.29, 0.717) is 14.7 Å². The second-order valence-corrected chi connectivity index (χ2v) is 5.35. The second kappa shape index (κ2) is 6.37. The highest BCUT2D eigenvalue weighted by Gasteiger charge is 2.09. The lowest BCUT2D eigenvalue weighted by Gasteiger charge is -2.02. The number of nitriles is 1. The fourth-order valence-corrected chi connectivity index (χ4v) is 2.29. The molecule has 0 spiro atoms. The molecule has 0 amide bonds. The van der Waals surface area contributed by atoms with Crippen LogP contribution in [0.2, 0.25) is 0 Å². The van der Waals surface area contributed by atoms with E-state index >= 15 is 0 Å². The quantitative estimate of drug-likeness (QED) is 0.282. The predicted octanol–water partition coefficient (Wildman–Crippen LogP) is 3.97. The van der Waals surface area contributed by atoms with E-state index in [1.165, 1.54) is 18.2 Å². The van der Waals surface area contributed by atoms with Gasteiger partial charge < -0.3 is 5.11 Å². The van der Waals surface area contributed by atoms with E-state index < -0.39 is 4.92 Å². The Bertz CT molecular complexity index is 779. The SMILES string of the molecule is N#CC(=Cc1ccc(O)c(I)c1)c1cccc([N+](=O)[O-])c1. The Morgan fingerprint density at radius 1 is 1.33 bits per heavy atom. The minimum atomic E-state index is -0.498. The summed E-state index contributed by atoms with van der Waals surface area (Å²) in [4.78, 5) is 10.3. The molecule has 0 heterocycles. The number of rotatable bonds is 3. The van der Waals surface area contributed by atoms with Crippen LogP contribution in [0.25, 0.3) is 11.6 Å². The molecule has 0 fully saturated rings. The molecule has 0 bridgehead atoms. The molecule has 0 saturated carbocycles. The molecule has 104 valence electrons. The van der Waals surface area contributed by atoms with Gasteiger partial charge in [-0.1, -0.05) is 18.2 Å². The van der Waals surface area contributed by atoms with Crippen LogP contribution in [0.1, 0.15) is 11.1 Å². The van der Waals surface area contributed by atoms with E-state index in [9.17, 15) is 20.5 Å². The summed E-state index contributed by atoms with van der Waals surface area (Å²) in [5.74, 6) is 0.168. The Labute approximate surface area is 134 Å². The summed E-state index contributed by atoms with van der Waals surface area (Å²) in [6, 6.07) is 12.9. The highest BCUT2D eigenvalue weighted by atomic mass is 127. The lowest BCUT2D eigenvalue weighted by Crippen LogP contribution is -1.89. The van der Waals surface area contributed by atoms with Crippen molar-refractivity contribution < 1.29 is 10.0 Å². The van der Waals surface area contributed by atoms with E-state index in [1.807, 2.05) is 28.7 Å².